The fourth-order valence-corrected chi connectivity index (χ4v) is 3.69. The molecule has 1 aliphatic rings. The number of ether oxygens (including phenoxy) is 2. The number of nitrogens with one attached hydrogen (secondary N) is 1. The average Bonchev–Trinajstić information content (AvgIpc) is 3.02. The normalized spacial score (nSPS) is 14.8. The third-order valence-corrected chi connectivity index (χ3v) is 5.40. The van der Waals surface area contributed by atoms with Gasteiger partial charge in [0, 0.05) is 19.2 Å². The van der Waals surface area contributed by atoms with Crippen molar-refractivity contribution in [2.24, 2.45) is 0 Å². The molecular weight excluding hydrogens is 372 g/mol. The minimum atomic E-state index is -0.235. The van der Waals surface area contributed by atoms with E-state index < -0.39 is 0 Å². The van der Waals surface area contributed by atoms with Crippen LogP contribution in [0.4, 0.5) is 0 Å². The van der Waals surface area contributed by atoms with Gasteiger partial charge in [0.1, 0.15) is 5.82 Å². The molecular formula is C21H30N4O4. The summed E-state index contributed by atoms with van der Waals surface area (Å²) >= 11 is 0. The number of hydrogen-bond acceptors (Lipinski definition) is 6. The quantitative estimate of drug-likeness (QED) is 0.764. The molecule has 2 heterocycles. The number of carbonyl (C=O) groups is 1. The standard InChI is InChI=1S/C21H30N4O4/c1-4-24(14-20(26)25-9-7-5-6-8-10-25)13-19-22-16-12-18(29-3)17(28-2)11-15(16)21(27)23-19/h11-12H,4-10,13-14H2,1-3H3,(H,22,23,27). The first-order valence-corrected chi connectivity index (χ1v) is 10.2. The molecule has 0 atom stereocenters. The molecule has 0 saturated carbocycles. The number of likely N-dealkylation sites (N-methyl/N-ethyl adjacent to an activating group) is 1. The Labute approximate surface area is 170 Å². The Bertz CT molecular complexity index is 903. The van der Waals surface area contributed by atoms with Crippen LogP contribution in [0.5, 0.6) is 11.5 Å². The van der Waals surface area contributed by atoms with Gasteiger partial charge in [-0.3, -0.25) is 14.5 Å². The number of aromatic nitrogens is 2. The van der Waals surface area contributed by atoms with E-state index in [0.29, 0.717) is 47.9 Å². The van der Waals surface area contributed by atoms with Gasteiger partial charge in [0.25, 0.3) is 5.56 Å². The van der Waals surface area contributed by atoms with Crippen LogP contribution in [0.25, 0.3) is 10.9 Å². The molecule has 8 nitrogen and oxygen atoms in total. The van der Waals surface area contributed by atoms with Gasteiger partial charge < -0.3 is 19.4 Å². The van der Waals surface area contributed by atoms with Crippen LogP contribution in [-0.4, -0.2) is 66.1 Å². The summed E-state index contributed by atoms with van der Waals surface area (Å²) in [6.07, 6.45) is 4.53. The number of hydrogen-bond donors (Lipinski definition) is 1. The van der Waals surface area contributed by atoms with Crippen LogP contribution in [0.3, 0.4) is 0 Å². The van der Waals surface area contributed by atoms with Crippen LogP contribution >= 0.6 is 0 Å². The smallest absolute Gasteiger partial charge is 0.258 e. The lowest BCUT2D eigenvalue weighted by atomic mass is 10.2. The van der Waals surface area contributed by atoms with Gasteiger partial charge in [0.2, 0.25) is 5.91 Å². The van der Waals surface area contributed by atoms with Crippen LogP contribution in [-0.2, 0) is 11.3 Å². The monoisotopic (exact) mass is 402 g/mol. The number of aromatic amines is 1. The van der Waals surface area contributed by atoms with Crippen molar-refractivity contribution in [3.05, 3.63) is 28.3 Å². The first-order valence-electron chi connectivity index (χ1n) is 10.2. The summed E-state index contributed by atoms with van der Waals surface area (Å²) in [5.41, 5.74) is 0.303. The maximum Gasteiger partial charge on any atom is 0.258 e. The molecule has 1 N–H and O–H groups in total. The summed E-state index contributed by atoms with van der Waals surface area (Å²) < 4.78 is 10.6. The van der Waals surface area contributed by atoms with E-state index in [2.05, 4.69) is 9.97 Å². The van der Waals surface area contributed by atoms with Crippen molar-refractivity contribution in [2.75, 3.05) is 40.4 Å². The summed E-state index contributed by atoms with van der Waals surface area (Å²) in [7, 11) is 3.07. The van der Waals surface area contributed by atoms with E-state index in [9.17, 15) is 9.59 Å². The number of H-pyrrole nitrogens is 1. The highest BCUT2D eigenvalue weighted by molar-refractivity contribution is 5.82. The summed E-state index contributed by atoms with van der Waals surface area (Å²) in [5, 5.41) is 0.440. The van der Waals surface area contributed by atoms with Crippen molar-refractivity contribution < 1.29 is 14.3 Å². The predicted molar refractivity (Wildman–Crippen MR) is 111 cm³/mol. The van der Waals surface area contributed by atoms with Gasteiger partial charge >= 0.3 is 0 Å². The zero-order chi connectivity index (χ0) is 20.8. The topological polar surface area (TPSA) is 87.8 Å². The first kappa shape index (κ1) is 21.1. The molecule has 0 aliphatic carbocycles. The van der Waals surface area contributed by atoms with Crippen molar-refractivity contribution in [2.45, 2.75) is 39.2 Å². The summed E-state index contributed by atoms with van der Waals surface area (Å²) in [6, 6.07) is 3.33. The highest BCUT2D eigenvalue weighted by Gasteiger charge is 2.19. The lowest BCUT2D eigenvalue weighted by molar-refractivity contribution is -0.132. The zero-order valence-electron chi connectivity index (χ0n) is 17.5. The molecule has 0 radical (unpaired) electrons. The summed E-state index contributed by atoms with van der Waals surface area (Å²) in [4.78, 5) is 36.6. The first-order chi connectivity index (χ1) is 14.0. The minimum Gasteiger partial charge on any atom is -0.493 e. The van der Waals surface area contributed by atoms with Crippen molar-refractivity contribution in [1.29, 1.82) is 0 Å². The number of rotatable bonds is 7. The Morgan fingerprint density at radius 3 is 2.41 bits per heavy atom. The third kappa shape index (κ3) is 5.06. The second-order valence-electron chi connectivity index (χ2n) is 7.34. The summed E-state index contributed by atoms with van der Waals surface area (Å²) in [5.74, 6) is 1.68. The second kappa shape index (κ2) is 9.73. The number of methoxy groups -OCH3 is 2. The van der Waals surface area contributed by atoms with E-state index in [4.69, 9.17) is 9.47 Å². The van der Waals surface area contributed by atoms with Crippen LogP contribution in [0, 0.1) is 0 Å². The van der Waals surface area contributed by atoms with Crippen LogP contribution in [0.1, 0.15) is 38.4 Å². The lowest BCUT2D eigenvalue weighted by Crippen LogP contribution is -2.41. The van der Waals surface area contributed by atoms with Gasteiger partial charge in [-0.15, -0.1) is 0 Å². The second-order valence-corrected chi connectivity index (χ2v) is 7.34. The number of likely N-dealkylation sites (tertiary alicyclic amines) is 1. The molecule has 1 saturated heterocycles. The molecule has 3 rings (SSSR count). The van der Waals surface area contributed by atoms with Crippen molar-refractivity contribution >= 4 is 16.8 Å². The Morgan fingerprint density at radius 1 is 1.14 bits per heavy atom. The van der Waals surface area contributed by atoms with Crippen LogP contribution in [0.15, 0.2) is 16.9 Å². The fourth-order valence-electron chi connectivity index (χ4n) is 3.69. The van der Waals surface area contributed by atoms with Gasteiger partial charge in [0.15, 0.2) is 11.5 Å². The summed E-state index contributed by atoms with van der Waals surface area (Å²) in [6.45, 7) is 5.09. The Balaban J connectivity index is 1.78. The molecule has 1 fully saturated rings. The molecule has 1 amide bonds. The SMILES string of the molecule is CCN(CC(=O)N1CCCCCC1)Cc1nc2cc(OC)c(OC)cc2c(=O)[nH]1. The minimum absolute atomic E-state index is 0.142. The van der Waals surface area contributed by atoms with E-state index in [1.165, 1.54) is 20.0 Å². The van der Waals surface area contributed by atoms with Gasteiger partial charge in [0.05, 0.1) is 38.2 Å². The number of benzene rings is 1. The van der Waals surface area contributed by atoms with Gasteiger partial charge in [-0.05, 0) is 25.5 Å². The molecule has 1 aromatic heterocycles. The molecule has 2 aromatic rings. The molecule has 0 unspecified atom stereocenters. The largest absolute Gasteiger partial charge is 0.493 e. The third-order valence-electron chi connectivity index (χ3n) is 5.40. The lowest BCUT2D eigenvalue weighted by Gasteiger charge is -2.25. The highest BCUT2D eigenvalue weighted by Crippen LogP contribution is 2.29. The molecule has 0 spiro atoms. The van der Waals surface area contributed by atoms with Gasteiger partial charge in [-0.25, -0.2) is 4.98 Å². The molecule has 29 heavy (non-hydrogen) atoms. The predicted octanol–water partition coefficient (Wildman–Crippen LogP) is 2.16. The van der Waals surface area contributed by atoms with Gasteiger partial charge in [-0.2, -0.15) is 0 Å². The number of amides is 1. The number of fused-ring (bicyclic) bond motifs is 1. The van der Waals surface area contributed by atoms with Crippen molar-refractivity contribution in [3.63, 3.8) is 0 Å². The highest BCUT2D eigenvalue weighted by atomic mass is 16.5. The number of carbonyl (C=O) groups excluding carboxylic acids is 1. The number of nitrogens with zero attached hydrogens (tertiary/aromatic N) is 3. The molecule has 8 heteroatoms. The van der Waals surface area contributed by atoms with E-state index in [1.807, 2.05) is 16.7 Å². The van der Waals surface area contributed by atoms with E-state index in [-0.39, 0.29) is 11.5 Å². The van der Waals surface area contributed by atoms with Crippen LogP contribution in [0.2, 0.25) is 0 Å². The molecule has 158 valence electrons. The van der Waals surface area contributed by atoms with E-state index in [1.54, 1.807) is 19.2 Å². The van der Waals surface area contributed by atoms with Crippen molar-refractivity contribution in [3.8, 4) is 11.5 Å². The Morgan fingerprint density at radius 2 is 1.79 bits per heavy atom. The Kier molecular flexibility index (Phi) is 7.09. The van der Waals surface area contributed by atoms with Crippen LogP contribution < -0.4 is 15.0 Å². The van der Waals surface area contributed by atoms with E-state index in [0.717, 1.165) is 25.9 Å². The maximum absolute atomic E-state index is 12.7. The van der Waals surface area contributed by atoms with Crippen molar-refractivity contribution in [1.82, 2.24) is 19.8 Å². The molecule has 1 aromatic carbocycles. The van der Waals surface area contributed by atoms with Gasteiger partial charge in [-0.1, -0.05) is 19.8 Å². The Hall–Kier alpha value is -2.61. The molecule has 0 bridgehead atoms. The van der Waals surface area contributed by atoms with E-state index >= 15 is 0 Å². The average molecular weight is 402 g/mol. The fraction of sp³-hybridized carbons (Fsp3) is 0.571. The maximum atomic E-state index is 12.7. The molecule has 1 aliphatic heterocycles. The zero-order valence-corrected chi connectivity index (χ0v) is 17.5.